The normalized spacial score (nSPS) is 19.3. The first-order valence-corrected chi connectivity index (χ1v) is 6.70. The second-order valence-corrected chi connectivity index (χ2v) is 5.23. The Morgan fingerprint density at radius 2 is 1.95 bits per heavy atom. The van der Waals surface area contributed by atoms with E-state index in [9.17, 15) is 9.59 Å². The molecule has 1 aromatic rings. The van der Waals surface area contributed by atoms with Gasteiger partial charge in [0.2, 0.25) is 11.6 Å². The quantitative estimate of drug-likeness (QED) is 0.881. The lowest BCUT2D eigenvalue weighted by Crippen LogP contribution is -2.33. The maximum Gasteiger partial charge on any atom is 0.211 e. The Kier molecular flexibility index (Phi) is 2.93. The molecule has 1 N–H and O–H groups in total. The number of nitrogens with one attached hydrogen (secondary N) is 1. The molecule has 4 heteroatoms. The molecule has 0 aromatic carbocycles. The summed E-state index contributed by atoms with van der Waals surface area (Å²) in [5, 5.41) is 3.22. The van der Waals surface area contributed by atoms with Gasteiger partial charge in [0.1, 0.15) is 5.69 Å². The van der Waals surface area contributed by atoms with Crippen LogP contribution in [0, 0.1) is 6.92 Å². The number of aromatic nitrogens is 1. The minimum absolute atomic E-state index is 0.117. The van der Waals surface area contributed by atoms with Crippen LogP contribution in [-0.4, -0.2) is 22.6 Å². The number of hydrogen-bond acceptors (Lipinski definition) is 4. The first kappa shape index (κ1) is 12.1. The third-order valence-corrected chi connectivity index (χ3v) is 3.75. The number of Topliss-reactive ketones (excluding diaryl/α,β-unsaturated/α-hetero) is 1. The number of allylic oxidation sites excluding steroid dienone is 2. The molecule has 0 saturated heterocycles. The van der Waals surface area contributed by atoms with Crippen LogP contribution in [0.1, 0.15) is 52.2 Å². The van der Waals surface area contributed by atoms with Crippen molar-refractivity contribution >= 4 is 11.6 Å². The minimum Gasteiger partial charge on any atom is -0.379 e. The van der Waals surface area contributed by atoms with Gasteiger partial charge in [-0.1, -0.05) is 12.8 Å². The number of ketones is 2. The summed E-state index contributed by atoms with van der Waals surface area (Å²) < 4.78 is 0. The summed E-state index contributed by atoms with van der Waals surface area (Å²) in [6.07, 6.45) is 5.90. The summed E-state index contributed by atoms with van der Waals surface area (Å²) in [5.74, 6) is -0.298. The summed E-state index contributed by atoms with van der Waals surface area (Å²) in [7, 11) is 0. The van der Waals surface area contributed by atoms with Gasteiger partial charge in [0, 0.05) is 17.8 Å². The van der Waals surface area contributed by atoms with Gasteiger partial charge in [-0.05, 0) is 31.9 Å². The summed E-state index contributed by atoms with van der Waals surface area (Å²) in [6.45, 7) is 1.81. The molecule has 0 atom stereocenters. The topological polar surface area (TPSA) is 59.1 Å². The van der Waals surface area contributed by atoms with Gasteiger partial charge in [0.15, 0.2) is 0 Å². The Bertz CT molecular complexity index is 584. The fourth-order valence-corrected chi connectivity index (χ4v) is 2.74. The molecule has 98 valence electrons. The molecule has 1 fully saturated rings. The van der Waals surface area contributed by atoms with Crippen LogP contribution in [0.15, 0.2) is 23.9 Å². The van der Waals surface area contributed by atoms with Crippen molar-refractivity contribution in [3.63, 3.8) is 0 Å². The van der Waals surface area contributed by atoms with Crippen molar-refractivity contribution in [2.45, 2.75) is 38.6 Å². The Morgan fingerprint density at radius 1 is 1.21 bits per heavy atom. The number of pyridine rings is 1. The lowest BCUT2D eigenvalue weighted by Gasteiger charge is -2.19. The van der Waals surface area contributed by atoms with E-state index in [1.54, 1.807) is 12.1 Å². The van der Waals surface area contributed by atoms with Crippen LogP contribution >= 0.6 is 0 Å². The zero-order chi connectivity index (χ0) is 13.4. The highest BCUT2D eigenvalue weighted by atomic mass is 16.1. The zero-order valence-corrected chi connectivity index (χ0v) is 10.9. The first-order valence-electron chi connectivity index (χ1n) is 6.70. The maximum atomic E-state index is 12.3. The maximum absolute atomic E-state index is 12.3. The van der Waals surface area contributed by atoms with Crippen LogP contribution in [0.5, 0.6) is 0 Å². The zero-order valence-electron chi connectivity index (χ0n) is 10.9. The minimum atomic E-state index is -0.182. The largest absolute Gasteiger partial charge is 0.379 e. The Morgan fingerprint density at radius 3 is 2.68 bits per heavy atom. The molecule has 2 aliphatic rings. The van der Waals surface area contributed by atoms with Crippen LogP contribution in [0.25, 0.3) is 0 Å². The van der Waals surface area contributed by atoms with Crippen molar-refractivity contribution in [1.82, 2.24) is 10.3 Å². The lowest BCUT2D eigenvalue weighted by molar-refractivity contribution is 0.0973. The molecule has 0 unspecified atom stereocenters. The van der Waals surface area contributed by atoms with Gasteiger partial charge in [0.25, 0.3) is 0 Å². The first-order chi connectivity index (χ1) is 9.15. The van der Waals surface area contributed by atoms with E-state index in [0.29, 0.717) is 17.3 Å². The molecule has 0 spiro atoms. The third kappa shape index (κ3) is 2.18. The van der Waals surface area contributed by atoms with Gasteiger partial charge in [-0.15, -0.1) is 0 Å². The monoisotopic (exact) mass is 256 g/mol. The van der Waals surface area contributed by atoms with E-state index < -0.39 is 0 Å². The number of aryl methyl sites for hydroxylation is 1. The predicted molar refractivity (Wildman–Crippen MR) is 71.1 cm³/mol. The highest BCUT2D eigenvalue weighted by Crippen LogP contribution is 2.23. The summed E-state index contributed by atoms with van der Waals surface area (Å²) >= 11 is 0. The SMILES string of the molecule is Cc1ccc2c(n1)C(=O)C=C(NC1CCCC1)C2=O. The van der Waals surface area contributed by atoms with Crippen LogP contribution in [-0.2, 0) is 0 Å². The van der Waals surface area contributed by atoms with Crippen molar-refractivity contribution < 1.29 is 9.59 Å². The summed E-state index contributed by atoms with van der Waals surface area (Å²) in [4.78, 5) is 28.5. The molecule has 1 heterocycles. The number of carbonyl (C=O) groups excluding carboxylic acids is 2. The van der Waals surface area contributed by atoms with E-state index in [4.69, 9.17) is 0 Å². The van der Waals surface area contributed by atoms with E-state index in [0.717, 1.165) is 18.5 Å². The third-order valence-electron chi connectivity index (χ3n) is 3.75. The molecule has 1 aromatic heterocycles. The average Bonchev–Trinajstić information content (AvgIpc) is 2.88. The van der Waals surface area contributed by atoms with Crippen molar-refractivity contribution in [1.29, 1.82) is 0 Å². The second-order valence-electron chi connectivity index (χ2n) is 5.23. The molecule has 0 radical (unpaired) electrons. The van der Waals surface area contributed by atoms with Crippen LogP contribution in [0.3, 0.4) is 0 Å². The molecule has 3 rings (SSSR count). The standard InChI is InChI=1S/C15H16N2O2/c1-9-6-7-11-14(16-9)13(18)8-12(15(11)19)17-10-4-2-3-5-10/h6-8,10,17H,2-5H2,1H3. The fourth-order valence-electron chi connectivity index (χ4n) is 2.74. The molecular weight excluding hydrogens is 240 g/mol. The molecule has 19 heavy (non-hydrogen) atoms. The summed E-state index contributed by atoms with van der Waals surface area (Å²) in [5.41, 5.74) is 1.87. The van der Waals surface area contributed by atoms with Crippen molar-refractivity contribution in [2.24, 2.45) is 0 Å². The highest BCUT2D eigenvalue weighted by Gasteiger charge is 2.28. The number of hydrogen-bond donors (Lipinski definition) is 1. The Labute approximate surface area is 111 Å². The van der Waals surface area contributed by atoms with Gasteiger partial charge in [-0.25, -0.2) is 4.98 Å². The van der Waals surface area contributed by atoms with Gasteiger partial charge in [0.05, 0.1) is 11.3 Å². The highest BCUT2D eigenvalue weighted by molar-refractivity contribution is 6.23. The predicted octanol–water partition coefficient (Wildman–Crippen LogP) is 2.19. The fraction of sp³-hybridized carbons (Fsp3) is 0.400. The van der Waals surface area contributed by atoms with Crippen LogP contribution in [0.2, 0.25) is 0 Å². The number of nitrogens with zero attached hydrogens (tertiary/aromatic N) is 1. The van der Waals surface area contributed by atoms with Gasteiger partial charge in [-0.3, -0.25) is 9.59 Å². The van der Waals surface area contributed by atoms with Crippen molar-refractivity contribution in [3.8, 4) is 0 Å². The Hall–Kier alpha value is -1.97. The van der Waals surface area contributed by atoms with Crippen molar-refractivity contribution in [3.05, 3.63) is 40.9 Å². The molecule has 4 nitrogen and oxygen atoms in total. The van der Waals surface area contributed by atoms with Gasteiger partial charge in [-0.2, -0.15) is 0 Å². The molecule has 0 aliphatic heterocycles. The smallest absolute Gasteiger partial charge is 0.211 e. The molecule has 1 saturated carbocycles. The van der Waals surface area contributed by atoms with Gasteiger partial charge < -0.3 is 5.32 Å². The van der Waals surface area contributed by atoms with Gasteiger partial charge >= 0.3 is 0 Å². The molecule has 0 amide bonds. The van der Waals surface area contributed by atoms with Crippen molar-refractivity contribution in [2.75, 3.05) is 0 Å². The number of rotatable bonds is 2. The number of carbonyl (C=O) groups is 2. The second kappa shape index (κ2) is 4.61. The molecule has 2 aliphatic carbocycles. The van der Waals surface area contributed by atoms with E-state index in [1.165, 1.54) is 18.9 Å². The van der Waals surface area contributed by atoms with Crippen LogP contribution < -0.4 is 5.32 Å². The lowest BCUT2D eigenvalue weighted by atomic mass is 9.96. The van der Waals surface area contributed by atoms with E-state index in [2.05, 4.69) is 10.3 Å². The van der Waals surface area contributed by atoms with Crippen LogP contribution in [0.4, 0.5) is 0 Å². The van der Waals surface area contributed by atoms with E-state index in [1.807, 2.05) is 6.92 Å². The number of fused-ring (bicyclic) bond motifs is 1. The summed E-state index contributed by atoms with van der Waals surface area (Å²) in [6, 6.07) is 3.78. The Balaban J connectivity index is 1.91. The van der Waals surface area contributed by atoms with E-state index >= 15 is 0 Å². The van der Waals surface area contributed by atoms with E-state index in [-0.39, 0.29) is 17.3 Å². The molecule has 0 bridgehead atoms. The average molecular weight is 256 g/mol. The molecular formula is C15H16N2O2.